The fourth-order valence-corrected chi connectivity index (χ4v) is 4.62. The third-order valence-electron chi connectivity index (χ3n) is 5.13. The van der Waals surface area contributed by atoms with Crippen molar-refractivity contribution in [2.45, 2.75) is 33.6 Å². The maximum atomic E-state index is 13.3. The van der Waals surface area contributed by atoms with Crippen molar-refractivity contribution in [1.82, 2.24) is 9.88 Å². The SMILES string of the molecule is Cc1ccc(CC(=O)N(CCCN(C)C)c2nc3c(C)ccc(Cl)c3s2)cc1C.Cl. The maximum Gasteiger partial charge on any atom is 0.233 e. The van der Waals surface area contributed by atoms with Crippen LogP contribution in [0.5, 0.6) is 0 Å². The highest BCUT2D eigenvalue weighted by atomic mass is 35.5. The molecule has 0 aliphatic rings. The molecule has 3 aromatic rings. The number of thiazole rings is 1. The van der Waals surface area contributed by atoms with Gasteiger partial charge in [0.25, 0.3) is 0 Å². The Labute approximate surface area is 194 Å². The van der Waals surface area contributed by atoms with E-state index in [-0.39, 0.29) is 18.3 Å². The van der Waals surface area contributed by atoms with Gasteiger partial charge >= 0.3 is 0 Å². The van der Waals surface area contributed by atoms with Gasteiger partial charge in [0.2, 0.25) is 5.91 Å². The van der Waals surface area contributed by atoms with Crippen molar-refractivity contribution in [3.63, 3.8) is 0 Å². The van der Waals surface area contributed by atoms with Crippen LogP contribution in [0.15, 0.2) is 30.3 Å². The normalized spacial score (nSPS) is 11.0. The second-order valence-corrected chi connectivity index (χ2v) is 9.22. The van der Waals surface area contributed by atoms with Crippen LogP contribution in [-0.2, 0) is 11.2 Å². The highest BCUT2D eigenvalue weighted by Gasteiger charge is 2.21. The topological polar surface area (TPSA) is 36.4 Å². The Hall–Kier alpha value is -1.66. The van der Waals surface area contributed by atoms with Crippen LogP contribution in [0.1, 0.15) is 28.7 Å². The van der Waals surface area contributed by atoms with Gasteiger partial charge in [-0.2, -0.15) is 0 Å². The number of anilines is 1. The lowest BCUT2D eigenvalue weighted by Crippen LogP contribution is -2.34. The molecule has 4 nitrogen and oxygen atoms in total. The van der Waals surface area contributed by atoms with E-state index in [1.165, 1.54) is 22.5 Å². The van der Waals surface area contributed by atoms with E-state index in [4.69, 9.17) is 16.6 Å². The van der Waals surface area contributed by atoms with Gasteiger partial charge in [-0.25, -0.2) is 4.98 Å². The first kappa shape index (κ1) is 24.6. The Bertz CT molecular complexity index is 994. The molecule has 1 aromatic heterocycles. The van der Waals surface area contributed by atoms with E-state index in [1.54, 1.807) is 0 Å². The van der Waals surface area contributed by atoms with Crippen molar-refractivity contribution < 1.29 is 4.79 Å². The van der Waals surface area contributed by atoms with Gasteiger partial charge in [0, 0.05) is 6.54 Å². The largest absolute Gasteiger partial charge is 0.309 e. The molecule has 0 bridgehead atoms. The predicted octanol–water partition coefficient (Wildman–Crippen LogP) is 5.82. The van der Waals surface area contributed by atoms with Gasteiger partial charge in [-0.1, -0.05) is 47.2 Å². The Morgan fingerprint density at radius 1 is 1.03 bits per heavy atom. The van der Waals surface area contributed by atoms with Crippen molar-refractivity contribution in [1.29, 1.82) is 0 Å². The molecule has 162 valence electrons. The summed E-state index contributed by atoms with van der Waals surface area (Å²) < 4.78 is 0.943. The second kappa shape index (κ2) is 10.6. The summed E-state index contributed by atoms with van der Waals surface area (Å²) in [5, 5.41) is 1.41. The molecular weight excluding hydrogens is 437 g/mol. The van der Waals surface area contributed by atoms with Crippen LogP contribution >= 0.6 is 35.3 Å². The number of hydrogen-bond acceptors (Lipinski definition) is 4. The molecule has 2 aromatic carbocycles. The average molecular weight is 466 g/mol. The number of halogens is 2. The third kappa shape index (κ3) is 5.73. The number of fused-ring (bicyclic) bond motifs is 1. The Morgan fingerprint density at radius 3 is 2.37 bits per heavy atom. The summed E-state index contributed by atoms with van der Waals surface area (Å²) in [5.74, 6) is 0.0693. The molecule has 0 radical (unpaired) electrons. The first-order valence-electron chi connectivity index (χ1n) is 9.83. The molecule has 0 aliphatic heterocycles. The Kier molecular flexibility index (Phi) is 8.68. The van der Waals surface area contributed by atoms with E-state index in [1.807, 2.05) is 44.1 Å². The molecule has 7 heteroatoms. The number of aromatic nitrogens is 1. The highest BCUT2D eigenvalue weighted by Crippen LogP contribution is 2.36. The van der Waals surface area contributed by atoms with E-state index in [0.29, 0.717) is 18.0 Å². The van der Waals surface area contributed by atoms with E-state index in [0.717, 1.165) is 39.4 Å². The van der Waals surface area contributed by atoms with E-state index >= 15 is 0 Å². The predicted molar refractivity (Wildman–Crippen MR) is 132 cm³/mol. The van der Waals surface area contributed by atoms with Crippen molar-refractivity contribution in [2.24, 2.45) is 0 Å². The highest BCUT2D eigenvalue weighted by molar-refractivity contribution is 7.23. The number of hydrogen-bond donors (Lipinski definition) is 0. The summed E-state index contributed by atoms with van der Waals surface area (Å²) >= 11 is 7.89. The minimum Gasteiger partial charge on any atom is -0.309 e. The summed E-state index contributed by atoms with van der Waals surface area (Å²) in [6.45, 7) is 7.74. The first-order chi connectivity index (χ1) is 13.8. The van der Waals surface area contributed by atoms with Crippen LogP contribution in [0.3, 0.4) is 0 Å². The van der Waals surface area contributed by atoms with Crippen LogP contribution in [0.4, 0.5) is 5.13 Å². The summed E-state index contributed by atoms with van der Waals surface area (Å²) in [6, 6.07) is 10.1. The van der Waals surface area contributed by atoms with Gasteiger partial charge in [-0.3, -0.25) is 9.69 Å². The molecule has 0 N–H and O–H groups in total. The molecule has 0 unspecified atom stereocenters. The van der Waals surface area contributed by atoms with E-state index in [2.05, 4.69) is 30.9 Å². The number of nitrogens with zero attached hydrogens (tertiary/aromatic N) is 3. The molecule has 0 saturated carbocycles. The van der Waals surface area contributed by atoms with Gasteiger partial charge in [-0.15, -0.1) is 12.4 Å². The standard InChI is InChI=1S/C23H28ClN3OS.ClH/c1-15-7-9-18(13-17(15)3)14-20(28)27(12-6-11-26(4)5)23-25-21-16(2)8-10-19(24)22(21)29-23;/h7-10,13H,6,11-12,14H2,1-5H3;1H. The van der Waals surface area contributed by atoms with Crippen LogP contribution in [0.2, 0.25) is 5.02 Å². The number of amides is 1. The lowest BCUT2D eigenvalue weighted by atomic mass is 10.0. The van der Waals surface area contributed by atoms with Crippen molar-refractivity contribution in [2.75, 3.05) is 32.1 Å². The molecule has 30 heavy (non-hydrogen) atoms. The molecule has 1 amide bonds. The zero-order valence-corrected chi connectivity index (χ0v) is 20.5. The number of carbonyl (C=O) groups excluding carboxylic acids is 1. The molecule has 0 atom stereocenters. The third-order valence-corrected chi connectivity index (χ3v) is 6.67. The van der Waals surface area contributed by atoms with Crippen LogP contribution in [0.25, 0.3) is 10.2 Å². The number of rotatable bonds is 7. The van der Waals surface area contributed by atoms with Gasteiger partial charge < -0.3 is 4.90 Å². The minimum absolute atomic E-state index is 0. The smallest absolute Gasteiger partial charge is 0.233 e. The van der Waals surface area contributed by atoms with Crippen molar-refractivity contribution in [3.05, 3.63) is 57.6 Å². The van der Waals surface area contributed by atoms with Crippen LogP contribution in [-0.4, -0.2) is 43.0 Å². The maximum absolute atomic E-state index is 13.3. The van der Waals surface area contributed by atoms with Crippen LogP contribution < -0.4 is 4.90 Å². The summed E-state index contributed by atoms with van der Waals surface area (Å²) in [7, 11) is 4.09. The second-order valence-electron chi connectivity index (χ2n) is 7.84. The molecule has 0 spiro atoms. The van der Waals surface area contributed by atoms with Crippen molar-refractivity contribution in [3.8, 4) is 0 Å². The monoisotopic (exact) mass is 465 g/mol. The zero-order valence-electron chi connectivity index (χ0n) is 18.2. The Balaban J connectivity index is 0.00000320. The summed E-state index contributed by atoms with van der Waals surface area (Å²) in [5.41, 5.74) is 5.43. The lowest BCUT2D eigenvalue weighted by molar-refractivity contribution is -0.118. The molecule has 1 heterocycles. The summed E-state index contributed by atoms with van der Waals surface area (Å²) in [4.78, 5) is 22.0. The molecule has 0 fully saturated rings. The molecule has 3 rings (SSSR count). The fraction of sp³-hybridized carbons (Fsp3) is 0.391. The van der Waals surface area contributed by atoms with E-state index < -0.39 is 0 Å². The van der Waals surface area contributed by atoms with Gasteiger partial charge in [0.15, 0.2) is 5.13 Å². The van der Waals surface area contributed by atoms with Gasteiger partial charge in [0.1, 0.15) is 0 Å². The Morgan fingerprint density at radius 2 is 1.73 bits per heavy atom. The van der Waals surface area contributed by atoms with Crippen molar-refractivity contribution >= 4 is 56.6 Å². The quantitative estimate of drug-likeness (QED) is 0.440. The number of carbonyl (C=O) groups is 1. The fourth-order valence-electron chi connectivity index (χ4n) is 3.26. The van der Waals surface area contributed by atoms with Gasteiger partial charge in [0.05, 0.1) is 21.7 Å². The average Bonchev–Trinajstić information content (AvgIpc) is 3.11. The minimum atomic E-state index is 0. The molecule has 0 saturated heterocycles. The van der Waals surface area contributed by atoms with Gasteiger partial charge in [-0.05, 0) is 76.2 Å². The number of aryl methyl sites for hydroxylation is 3. The van der Waals surface area contributed by atoms with Crippen LogP contribution in [0, 0.1) is 20.8 Å². The lowest BCUT2D eigenvalue weighted by Gasteiger charge is -2.21. The number of benzene rings is 2. The zero-order chi connectivity index (χ0) is 21.1. The molecular formula is C23H29Cl2N3OS. The molecule has 0 aliphatic carbocycles. The van der Waals surface area contributed by atoms with E-state index in [9.17, 15) is 4.79 Å². The first-order valence-corrected chi connectivity index (χ1v) is 11.0. The summed E-state index contributed by atoms with van der Waals surface area (Å²) in [6.07, 6.45) is 1.25.